The van der Waals surface area contributed by atoms with E-state index >= 15 is 0 Å². The molecule has 160 valence electrons. The van der Waals surface area contributed by atoms with Gasteiger partial charge in [0.15, 0.2) is 0 Å². The van der Waals surface area contributed by atoms with Crippen LogP contribution >= 0.6 is 27.3 Å². The van der Waals surface area contributed by atoms with Gasteiger partial charge in [0.05, 0.1) is 8.68 Å². The predicted molar refractivity (Wildman–Crippen MR) is 120 cm³/mol. The Labute approximate surface area is 185 Å². The minimum absolute atomic E-state index is 0.138. The zero-order valence-corrected chi connectivity index (χ0v) is 21.1. The number of nitrogens with zero attached hydrogens (tertiary/aromatic N) is 2. The fourth-order valence-corrected chi connectivity index (χ4v) is 9.26. The molecule has 0 amide bonds. The summed E-state index contributed by atoms with van der Waals surface area (Å²) in [7, 11) is -7.32. The van der Waals surface area contributed by atoms with E-state index in [0.29, 0.717) is 4.90 Å². The van der Waals surface area contributed by atoms with Crippen LogP contribution in [0.4, 0.5) is 0 Å². The quantitative estimate of drug-likeness (QED) is 0.615. The molecule has 0 spiro atoms. The Morgan fingerprint density at radius 2 is 1.14 bits per heavy atom. The first-order chi connectivity index (χ1) is 13.4. The number of hydrogen-bond donors (Lipinski definition) is 0. The predicted octanol–water partition coefficient (Wildman–Crippen LogP) is 3.75. The summed E-state index contributed by atoms with van der Waals surface area (Å²) in [5.41, 5.74) is 4.61. The van der Waals surface area contributed by atoms with Gasteiger partial charge in [0.2, 0.25) is 10.0 Å². The van der Waals surface area contributed by atoms with Crippen LogP contribution in [0.5, 0.6) is 0 Å². The maximum atomic E-state index is 13.4. The Bertz CT molecular complexity index is 1130. The highest BCUT2D eigenvalue weighted by atomic mass is 79.9. The second-order valence-corrected chi connectivity index (χ2v) is 13.8. The van der Waals surface area contributed by atoms with Crippen LogP contribution in [0.1, 0.15) is 27.8 Å². The Morgan fingerprint density at radius 1 is 0.724 bits per heavy atom. The minimum atomic E-state index is -3.71. The van der Waals surface area contributed by atoms with Crippen LogP contribution in [0, 0.1) is 34.6 Å². The standard InChI is InChI=1S/C19H25BrN2O4S3/c1-12-13(2)15(4)19(16(5)14(12)3)29(25,26)22-10-8-21(9-11-22)28(23,24)18-7-6-17(20)27-18/h6-7H,8-11H2,1-5H3. The van der Waals surface area contributed by atoms with Gasteiger partial charge < -0.3 is 0 Å². The molecule has 0 aliphatic carbocycles. The van der Waals surface area contributed by atoms with E-state index in [2.05, 4.69) is 15.9 Å². The van der Waals surface area contributed by atoms with Crippen LogP contribution in [-0.4, -0.2) is 51.6 Å². The number of hydrogen-bond acceptors (Lipinski definition) is 5. The lowest BCUT2D eigenvalue weighted by Gasteiger charge is -2.34. The lowest BCUT2D eigenvalue weighted by molar-refractivity contribution is 0.273. The molecule has 1 aromatic carbocycles. The Hall–Kier alpha value is -0.780. The van der Waals surface area contributed by atoms with Crippen molar-refractivity contribution in [1.82, 2.24) is 8.61 Å². The van der Waals surface area contributed by atoms with Gasteiger partial charge in [-0.05, 0) is 90.5 Å². The van der Waals surface area contributed by atoms with Crippen molar-refractivity contribution in [2.24, 2.45) is 0 Å². The maximum Gasteiger partial charge on any atom is 0.252 e. The van der Waals surface area contributed by atoms with Crippen LogP contribution < -0.4 is 0 Å². The minimum Gasteiger partial charge on any atom is -0.207 e. The van der Waals surface area contributed by atoms with Gasteiger partial charge in [-0.15, -0.1) is 11.3 Å². The molecule has 0 radical (unpaired) electrons. The van der Waals surface area contributed by atoms with E-state index in [1.54, 1.807) is 12.1 Å². The van der Waals surface area contributed by atoms with Gasteiger partial charge in [0, 0.05) is 26.2 Å². The van der Waals surface area contributed by atoms with Gasteiger partial charge in [0.1, 0.15) is 4.21 Å². The monoisotopic (exact) mass is 520 g/mol. The Morgan fingerprint density at radius 3 is 1.55 bits per heavy atom. The van der Waals surface area contributed by atoms with E-state index < -0.39 is 20.0 Å². The molecule has 10 heteroatoms. The van der Waals surface area contributed by atoms with Crippen molar-refractivity contribution in [3.63, 3.8) is 0 Å². The zero-order valence-electron chi connectivity index (χ0n) is 17.1. The first kappa shape index (κ1) is 22.9. The van der Waals surface area contributed by atoms with E-state index in [4.69, 9.17) is 0 Å². The fraction of sp³-hybridized carbons (Fsp3) is 0.474. The van der Waals surface area contributed by atoms with Gasteiger partial charge in [-0.3, -0.25) is 0 Å². The molecular weight excluding hydrogens is 496 g/mol. The van der Waals surface area contributed by atoms with Crippen molar-refractivity contribution in [3.8, 4) is 0 Å². The number of piperazine rings is 1. The second-order valence-electron chi connectivity index (χ2n) is 7.32. The largest absolute Gasteiger partial charge is 0.252 e. The molecule has 0 saturated carbocycles. The Balaban J connectivity index is 1.88. The van der Waals surface area contributed by atoms with E-state index in [1.807, 2.05) is 34.6 Å². The molecule has 6 nitrogen and oxygen atoms in total. The molecule has 1 aliphatic rings. The summed E-state index contributed by atoms with van der Waals surface area (Å²) in [6, 6.07) is 3.27. The maximum absolute atomic E-state index is 13.4. The molecule has 3 rings (SSSR count). The smallest absolute Gasteiger partial charge is 0.207 e. The van der Waals surface area contributed by atoms with E-state index in [-0.39, 0.29) is 30.4 Å². The summed E-state index contributed by atoms with van der Waals surface area (Å²) < 4.78 is 56.3. The molecule has 0 bridgehead atoms. The molecule has 2 aromatic rings. The SMILES string of the molecule is Cc1c(C)c(C)c(S(=O)(=O)N2CCN(S(=O)(=O)c3ccc(Br)s3)CC2)c(C)c1C. The summed E-state index contributed by atoms with van der Waals surface area (Å²) >= 11 is 4.44. The van der Waals surface area contributed by atoms with Gasteiger partial charge >= 0.3 is 0 Å². The third-order valence-corrected chi connectivity index (χ3v) is 12.0. The van der Waals surface area contributed by atoms with Gasteiger partial charge in [-0.1, -0.05) is 0 Å². The van der Waals surface area contributed by atoms with Gasteiger partial charge in [0.25, 0.3) is 10.0 Å². The van der Waals surface area contributed by atoms with Crippen molar-refractivity contribution in [1.29, 1.82) is 0 Å². The first-order valence-electron chi connectivity index (χ1n) is 9.21. The molecule has 0 unspecified atom stereocenters. The third-order valence-electron chi connectivity index (χ3n) is 5.87. The van der Waals surface area contributed by atoms with Crippen LogP contribution in [-0.2, 0) is 20.0 Å². The highest BCUT2D eigenvalue weighted by molar-refractivity contribution is 9.11. The number of thiophene rings is 1. The molecule has 29 heavy (non-hydrogen) atoms. The van der Waals surface area contributed by atoms with E-state index in [9.17, 15) is 16.8 Å². The summed E-state index contributed by atoms with van der Waals surface area (Å²) in [5.74, 6) is 0. The van der Waals surface area contributed by atoms with Gasteiger partial charge in [-0.2, -0.15) is 8.61 Å². The van der Waals surface area contributed by atoms with Gasteiger partial charge in [-0.25, -0.2) is 16.8 Å². The first-order valence-corrected chi connectivity index (χ1v) is 13.7. The van der Waals surface area contributed by atoms with E-state index in [0.717, 1.165) is 42.9 Å². The van der Waals surface area contributed by atoms with Crippen LogP contribution in [0.2, 0.25) is 0 Å². The van der Waals surface area contributed by atoms with E-state index in [1.165, 1.54) is 8.61 Å². The number of benzene rings is 1. The van der Waals surface area contributed by atoms with Crippen LogP contribution in [0.3, 0.4) is 0 Å². The normalized spacial score (nSPS) is 17.0. The average molecular weight is 522 g/mol. The van der Waals surface area contributed by atoms with Crippen LogP contribution in [0.25, 0.3) is 0 Å². The molecular formula is C19H25BrN2O4S3. The summed E-state index contributed by atoms with van der Waals surface area (Å²) in [6.07, 6.45) is 0. The van der Waals surface area contributed by atoms with Crippen molar-refractivity contribution < 1.29 is 16.8 Å². The molecule has 1 aromatic heterocycles. The highest BCUT2D eigenvalue weighted by Crippen LogP contribution is 2.33. The molecule has 1 fully saturated rings. The molecule has 1 aliphatic heterocycles. The molecule has 2 heterocycles. The average Bonchev–Trinajstić information content (AvgIpc) is 3.12. The summed E-state index contributed by atoms with van der Waals surface area (Å²) in [5, 5.41) is 0. The van der Waals surface area contributed by atoms with Crippen molar-refractivity contribution >= 4 is 47.3 Å². The highest BCUT2D eigenvalue weighted by Gasteiger charge is 2.36. The third kappa shape index (κ3) is 3.95. The fourth-order valence-electron chi connectivity index (χ4n) is 3.70. The van der Waals surface area contributed by atoms with Crippen molar-refractivity contribution in [2.75, 3.05) is 26.2 Å². The number of sulfonamides is 2. The topological polar surface area (TPSA) is 74.8 Å². The summed E-state index contributed by atoms with van der Waals surface area (Å²) in [6.45, 7) is 10.1. The lowest BCUT2D eigenvalue weighted by atomic mass is 9.95. The molecule has 0 atom stereocenters. The van der Waals surface area contributed by atoms with Crippen molar-refractivity contribution in [2.45, 2.75) is 43.7 Å². The Kier molecular flexibility index (Phi) is 6.35. The molecule has 0 N–H and O–H groups in total. The van der Waals surface area contributed by atoms with Crippen molar-refractivity contribution in [3.05, 3.63) is 43.7 Å². The number of rotatable bonds is 4. The lowest BCUT2D eigenvalue weighted by Crippen LogP contribution is -2.50. The summed E-state index contributed by atoms with van der Waals surface area (Å²) in [4.78, 5) is 0.358. The van der Waals surface area contributed by atoms with Crippen LogP contribution in [0.15, 0.2) is 25.0 Å². The number of halogens is 1. The molecule has 1 saturated heterocycles. The zero-order chi connectivity index (χ0) is 21.7. The second kappa shape index (κ2) is 8.05.